The number of nitrogens with zero attached hydrogens (tertiary/aromatic N) is 1. The highest BCUT2D eigenvalue weighted by molar-refractivity contribution is 8.14. The van der Waals surface area contributed by atoms with Crippen molar-refractivity contribution in [3.8, 4) is 0 Å². The van der Waals surface area contributed by atoms with Gasteiger partial charge in [-0.25, -0.2) is 4.79 Å². The number of carbonyl (C=O) groups excluding carboxylic acids is 4. The highest BCUT2D eigenvalue weighted by Crippen LogP contribution is 2.49. The van der Waals surface area contributed by atoms with Gasteiger partial charge in [-0.1, -0.05) is 103 Å². The topological polar surface area (TPSA) is 90.0 Å². The van der Waals surface area contributed by atoms with Gasteiger partial charge in [-0.05, 0) is 15.9 Å². The number of carbonyl (C=O) groups is 4. The van der Waals surface area contributed by atoms with Gasteiger partial charge in [0.2, 0.25) is 5.91 Å². The second-order valence-corrected chi connectivity index (χ2v) is 13.0. The second-order valence-electron chi connectivity index (χ2n) is 8.50. The molecule has 1 atom stereocenters. The molecule has 196 valence electrons. The number of hydrogen-bond acceptors (Lipinski definition) is 7. The molecule has 0 N–H and O–H groups in total. The van der Waals surface area contributed by atoms with Gasteiger partial charge in [-0.2, -0.15) is 0 Å². The number of hydrogen-bond donors (Lipinski definition) is 0. The van der Waals surface area contributed by atoms with Crippen molar-refractivity contribution in [3.05, 3.63) is 91.0 Å². The first kappa shape index (κ1) is 27.4. The molecule has 38 heavy (non-hydrogen) atoms. The van der Waals surface area contributed by atoms with Crippen LogP contribution in [-0.4, -0.2) is 52.4 Å². The van der Waals surface area contributed by atoms with E-state index in [0.717, 1.165) is 27.7 Å². The molecular weight excluding hydrogens is 521 g/mol. The van der Waals surface area contributed by atoms with E-state index in [1.165, 1.54) is 18.9 Å². The van der Waals surface area contributed by atoms with Gasteiger partial charge >= 0.3 is 11.9 Å². The van der Waals surface area contributed by atoms with Crippen molar-refractivity contribution in [2.45, 2.75) is 25.1 Å². The average Bonchev–Trinajstić information content (AvgIpc) is 2.93. The van der Waals surface area contributed by atoms with Crippen LogP contribution in [0.5, 0.6) is 0 Å². The first-order valence-corrected chi connectivity index (χ1v) is 14.7. The Morgan fingerprint density at radius 1 is 0.868 bits per heavy atom. The van der Waals surface area contributed by atoms with Crippen molar-refractivity contribution < 1.29 is 28.7 Å². The third-order valence-electron chi connectivity index (χ3n) is 6.13. The van der Waals surface area contributed by atoms with Crippen LogP contribution in [0.25, 0.3) is 0 Å². The van der Waals surface area contributed by atoms with E-state index in [2.05, 4.69) is 0 Å². The highest BCUT2D eigenvalue weighted by atomic mass is 32.2. The zero-order chi connectivity index (χ0) is 27.1. The highest BCUT2D eigenvalue weighted by Gasteiger charge is 2.48. The Morgan fingerprint density at radius 3 is 1.74 bits per heavy atom. The first-order valence-electron chi connectivity index (χ1n) is 12.1. The Labute approximate surface area is 226 Å². The number of ether oxygens (including phenoxy) is 2. The minimum atomic E-state index is -2.96. The SMILES string of the molecule is COC(=O)C(N1C(=O)C[C@H]1SC(=O)CCOC(C)=O)=P(c1ccccc1)(c1ccccc1)c1ccccc1. The van der Waals surface area contributed by atoms with Gasteiger partial charge in [-0.3, -0.25) is 19.3 Å². The molecule has 0 bridgehead atoms. The summed E-state index contributed by atoms with van der Waals surface area (Å²) in [6.45, 7) is -1.71. The minimum absolute atomic E-state index is 0.00662. The monoisotopic (exact) mass is 549 g/mol. The molecule has 3 aromatic carbocycles. The summed E-state index contributed by atoms with van der Waals surface area (Å²) >= 11 is 0.972. The lowest BCUT2D eigenvalue weighted by molar-refractivity contribution is -0.141. The summed E-state index contributed by atoms with van der Waals surface area (Å²) in [5, 5.41) is 1.81. The molecule has 1 aliphatic heterocycles. The number of benzene rings is 3. The zero-order valence-corrected chi connectivity index (χ0v) is 22.8. The van der Waals surface area contributed by atoms with Crippen molar-refractivity contribution in [1.29, 1.82) is 0 Å². The van der Waals surface area contributed by atoms with Crippen molar-refractivity contribution in [2.24, 2.45) is 0 Å². The molecule has 1 amide bonds. The number of likely N-dealkylation sites (tertiary alicyclic amines) is 1. The van der Waals surface area contributed by atoms with Crippen molar-refractivity contribution in [2.75, 3.05) is 13.7 Å². The van der Waals surface area contributed by atoms with Crippen LogP contribution in [0.4, 0.5) is 0 Å². The molecule has 3 aromatic rings. The molecule has 1 fully saturated rings. The van der Waals surface area contributed by atoms with E-state index in [-0.39, 0.29) is 35.9 Å². The van der Waals surface area contributed by atoms with Gasteiger partial charge in [0.25, 0.3) is 0 Å². The van der Waals surface area contributed by atoms with Gasteiger partial charge in [0.05, 0.1) is 31.9 Å². The maximum Gasteiger partial charge on any atom is 0.355 e. The molecule has 0 saturated carbocycles. The maximum atomic E-state index is 13.8. The third-order valence-corrected chi connectivity index (χ3v) is 11.5. The number of rotatable bonds is 9. The van der Waals surface area contributed by atoms with E-state index in [1.54, 1.807) is 0 Å². The fraction of sp³-hybridized carbons (Fsp3) is 0.207. The molecule has 0 aromatic heterocycles. The van der Waals surface area contributed by atoms with Crippen molar-refractivity contribution in [1.82, 2.24) is 4.90 Å². The Morgan fingerprint density at radius 2 is 1.34 bits per heavy atom. The first-order chi connectivity index (χ1) is 18.4. The lowest BCUT2D eigenvalue weighted by atomic mass is 10.2. The quantitative estimate of drug-likeness (QED) is 0.230. The lowest BCUT2D eigenvalue weighted by Gasteiger charge is -2.44. The van der Waals surface area contributed by atoms with Crippen molar-refractivity contribution >= 4 is 62.9 Å². The van der Waals surface area contributed by atoms with Gasteiger partial charge in [0.15, 0.2) is 5.12 Å². The van der Waals surface area contributed by atoms with Crippen LogP contribution >= 0.6 is 18.6 Å². The van der Waals surface area contributed by atoms with E-state index >= 15 is 0 Å². The number of esters is 2. The van der Waals surface area contributed by atoms with Gasteiger partial charge in [-0.15, -0.1) is 0 Å². The fourth-order valence-corrected chi connectivity index (χ4v) is 10.0. The van der Waals surface area contributed by atoms with Crippen LogP contribution in [0.2, 0.25) is 0 Å². The predicted octanol–water partition coefficient (Wildman–Crippen LogP) is 3.05. The molecule has 1 heterocycles. The summed E-state index contributed by atoms with van der Waals surface area (Å²) in [4.78, 5) is 52.3. The van der Waals surface area contributed by atoms with E-state index in [0.29, 0.717) is 0 Å². The second kappa shape index (κ2) is 12.3. The standard InChI is InChI=1S/C29H28NO6PS/c1-21(31)36-19-18-27(33)38-26-20-25(32)30(26)28(29(34)35-2)37(22-12-6-3-7-13-22,23-14-8-4-9-15-23)24-16-10-5-11-17-24/h3-17,26H,18-20H2,1-2H3/t26-/m1/s1. The van der Waals surface area contributed by atoms with Crippen LogP contribution in [0, 0.1) is 0 Å². The van der Waals surface area contributed by atoms with Crippen LogP contribution in [0.1, 0.15) is 19.8 Å². The predicted molar refractivity (Wildman–Crippen MR) is 151 cm³/mol. The lowest BCUT2D eigenvalue weighted by Crippen LogP contribution is -2.58. The molecule has 1 aliphatic rings. The fourth-order valence-electron chi connectivity index (χ4n) is 4.48. The Balaban J connectivity index is 1.97. The summed E-state index contributed by atoms with van der Waals surface area (Å²) in [5.41, 5.74) is 0.227. The number of β-lactam (4-membered cyclic amide) rings is 1. The smallest absolute Gasteiger partial charge is 0.355 e. The molecule has 0 radical (unpaired) electrons. The molecule has 9 heteroatoms. The molecule has 1 saturated heterocycles. The average molecular weight is 550 g/mol. The number of methoxy groups -OCH3 is 1. The van der Waals surface area contributed by atoms with Crippen LogP contribution in [-0.2, 0) is 28.7 Å². The molecule has 7 nitrogen and oxygen atoms in total. The Kier molecular flexibility index (Phi) is 8.87. The van der Waals surface area contributed by atoms with Crippen LogP contribution in [0.3, 0.4) is 0 Å². The Hall–Kier alpha value is -3.61. The van der Waals surface area contributed by atoms with Gasteiger partial charge in [0, 0.05) is 13.8 Å². The third kappa shape index (κ3) is 5.47. The summed E-state index contributed by atoms with van der Waals surface area (Å²) < 4.78 is 10.2. The van der Waals surface area contributed by atoms with E-state index in [4.69, 9.17) is 9.47 Å². The molecule has 0 aliphatic carbocycles. The summed E-state index contributed by atoms with van der Waals surface area (Å²) in [5.74, 6) is -1.35. The number of thioether (sulfide) groups is 1. The summed E-state index contributed by atoms with van der Waals surface area (Å²) in [7, 11) is 1.30. The minimum Gasteiger partial charge on any atom is -0.465 e. The summed E-state index contributed by atoms with van der Waals surface area (Å²) in [6, 6.07) is 29.0. The number of amides is 1. The van der Waals surface area contributed by atoms with Gasteiger partial charge < -0.3 is 9.47 Å². The van der Waals surface area contributed by atoms with E-state index in [1.807, 2.05) is 91.0 Å². The molecule has 0 spiro atoms. The zero-order valence-electron chi connectivity index (χ0n) is 21.1. The van der Waals surface area contributed by atoms with Gasteiger partial charge in [0.1, 0.15) is 5.42 Å². The Bertz CT molecular complexity index is 1270. The molecular formula is C29H28NO6PS. The van der Waals surface area contributed by atoms with E-state index in [9.17, 15) is 19.2 Å². The van der Waals surface area contributed by atoms with Crippen LogP contribution < -0.4 is 15.9 Å². The van der Waals surface area contributed by atoms with E-state index < -0.39 is 24.2 Å². The normalized spacial score (nSPS) is 14.8. The molecule has 4 rings (SSSR count). The largest absolute Gasteiger partial charge is 0.465 e. The van der Waals surface area contributed by atoms with Crippen LogP contribution in [0.15, 0.2) is 91.0 Å². The molecule has 0 unspecified atom stereocenters. The maximum absolute atomic E-state index is 13.8. The van der Waals surface area contributed by atoms with Crippen molar-refractivity contribution in [3.63, 3.8) is 0 Å². The summed E-state index contributed by atoms with van der Waals surface area (Å²) in [6.07, 6.45) is 0.107.